The minimum absolute atomic E-state index is 0.0941. The first kappa shape index (κ1) is 15.6. The Morgan fingerprint density at radius 1 is 1.42 bits per heavy atom. The van der Waals surface area contributed by atoms with Crippen LogP contribution in [0.1, 0.15) is 22.8 Å². The molecular weight excluding hydrogens is 262 g/mol. The van der Waals surface area contributed by atoms with Gasteiger partial charge in [-0.15, -0.1) is 0 Å². The van der Waals surface area contributed by atoms with Crippen molar-refractivity contribution in [2.24, 2.45) is 5.92 Å². The summed E-state index contributed by atoms with van der Waals surface area (Å²) < 4.78 is 4.73. The van der Waals surface area contributed by atoms with E-state index in [0.29, 0.717) is 11.3 Å². The second-order valence-corrected chi connectivity index (χ2v) is 5.30. The van der Waals surface area contributed by atoms with Gasteiger partial charge in [-0.25, -0.2) is 4.79 Å². The standard InChI is InChI=1S/C14H19NO3S/c1-9-5-6-12(11(7-9)14(17)18-3)15-13(16)10(2)8-19-4/h5-7,10H,8H2,1-4H3,(H,15,16). The van der Waals surface area contributed by atoms with Crippen molar-refractivity contribution in [1.82, 2.24) is 0 Å². The first-order valence-electron chi connectivity index (χ1n) is 5.98. The third-order valence-corrected chi connectivity index (χ3v) is 3.54. The summed E-state index contributed by atoms with van der Waals surface area (Å²) in [5, 5.41) is 2.78. The first-order chi connectivity index (χ1) is 8.99. The van der Waals surface area contributed by atoms with Gasteiger partial charge >= 0.3 is 5.97 Å². The Balaban J connectivity index is 2.94. The van der Waals surface area contributed by atoms with Crippen LogP contribution in [0.5, 0.6) is 0 Å². The number of methoxy groups -OCH3 is 1. The van der Waals surface area contributed by atoms with Gasteiger partial charge in [0.1, 0.15) is 0 Å². The molecule has 0 aromatic heterocycles. The highest BCUT2D eigenvalue weighted by Crippen LogP contribution is 2.19. The summed E-state index contributed by atoms with van der Waals surface area (Å²) >= 11 is 1.61. The van der Waals surface area contributed by atoms with E-state index in [-0.39, 0.29) is 11.8 Å². The highest BCUT2D eigenvalue weighted by atomic mass is 32.2. The Bertz CT molecular complexity index is 474. The molecule has 0 saturated carbocycles. The molecule has 0 saturated heterocycles. The number of hydrogen-bond donors (Lipinski definition) is 1. The molecule has 19 heavy (non-hydrogen) atoms. The molecule has 0 aliphatic carbocycles. The van der Waals surface area contributed by atoms with Gasteiger partial charge in [0.05, 0.1) is 18.4 Å². The lowest BCUT2D eigenvalue weighted by Gasteiger charge is -2.14. The second-order valence-electron chi connectivity index (χ2n) is 4.39. The predicted octanol–water partition coefficient (Wildman–Crippen LogP) is 2.72. The summed E-state index contributed by atoms with van der Waals surface area (Å²) in [4.78, 5) is 23.7. The fourth-order valence-corrected chi connectivity index (χ4v) is 2.28. The highest BCUT2D eigenvalue weighted by Gasteiger charge is 2.17. The average Bonchev–Trinajstić information content (AvgIpc) is 2.40. The van der Waals surface area contributed by atoms with Crippen LogP contribution in [0, 0.1) is 12.8 Å². The van der Waals surface area contributed by atoms with Crippen LogP contribution in [0.4, 0.5) is 5.69 Å². The molecule has 1 aromatic carbocycles. The highest BCUT2D eigenvalue weighted by molar-refractivity contribution is 7.98. The van der Waals surface area contributed by atoms with Gasteiger partial charge in [0.25, 0.3) is 0 Å². The number of hydrogen-bond acceptors (Lipinski definition) is 4. The maximum absolute atomic E-state index is 12.0. The van der Waals surface area contributed by atoms with Crippen molar-refractivity contribution in [2.75, 3.05) is 24.4 Å². The van der Waals surface area contributed by atoms with Gasteiger partial charge in [-0.2, -0.15) is 11.8 Å². The van der Waals surface area contributed by atoms with Crippen LogP contribution < -0.4 is 5.32 Å². The number of esters is 1. The van der Waals surface area contributed by atoms with Gasteiger partial charge in [-0.05, 0) is 25.3 Å². The quantitative estimate of drug-likeness (QED) is 0.843. The van der Waals surface area contributed by atoms with Gasteiger partial charge < -0.3 is 10.1 Å². The first-order valence-corrected chi connectivity index (χ1v) is 7.37. The van der Waals surface area contributed by atoms with E-state index >= 15 is 0 Å². The minimum atomic E-state index is -0.448. The van der Waals surface area contributed by atoms with Crippen molar-refractivity contribution in [3.8, 4) is 0 Å². The Morgan fingerprint density at radius 2 is 2.11 bits per heavy atom. The van der Waals surface area contributed by atoms with Crippen LogP contribution in [-0.4, -0.2) is 31.0 Å². The average molecular weight is 281 g/mol. The largest absolute Gasteiger partial charge is 0.465 e. The second kappa shape index (κ2) is 7.19. The predicted molar refractivity (Wildman–Crippen MR) is 78.7 cm³/mol. The Kier molecular flexibility index (Phi) is 5.89. The summed E-state index contributed by atoms with van der Waals surface area (Å²) in [5.74, 6) is 0.0901. The number of nitrogens with one attached hydrogen (secondary N) is 1. The number of amides is 1. The summed E-state index contributed by atoms with van der Waals surface area (Å²) in [6.07, 6.45) is 1.95. The zero-order valence-electron chi connectivity index (χ0n) is 11.6. The number of aryl methyl sites for hydroxylation is 1. The lowest BCUT2D eigenvalue weighted by atomic mass is 10.1. The van der Waals surface area contributed by atoms with E-state index in [0.717, 1.165) is 11.3 Å². The smallest absolute Gasteiger partial charge is 0.339 e. The molecule has 0 fully saturated rings. The minimum Gasteiger partial charge on any atom is -0.465 e. The topological polar surface area (TPSA) is 55.4 Å². The molecule has 1 amide bonds. The van der Waals surface area contributed by atoms with Gasteiger partial charge in [-0.1, -0.05) is 18.6 Å². The molecule has 5 heteroatoms. The number of carbonyl (C=O) groups excluding carboxylic acids is 2. The van der Waals surface area contributed by atoms with Crippen molar-refractivity contribution < 1.29 is 14.3 Å². The molecule has 1 rings (SSSR count). The van der Waals surface area contributed by atoms with E-state index in [1.54, 1.807) is 23.9 Å². The Morgan fingerprint density at radius 3 is 2.68 bits per heavy atom. The molecule has 0 aliphatic rings. The summed E-state index contributed by atoms with van der Waals surface area (Å²) in [5.41, 5.74) is 1.82. The fraction of sp³-hybridized carbons (Fsp3) is 0.429. The summed E-state index contributed by atoms with van der Waals surface area (Å²) in [6.45, 7) is 3.74. The van der Waals surface area contributed by atoms with Crippen molar-refractivity contribution in [3.05, 3.63) is 29.3 Å². The van der Waals surface area contributed by atoms with Crippen molar-refractivity contribution in [3.63, 3.8) is 0 Å². The van der Waals surface area contributed by atoms with Crippen LogP contribution in [0.3, 0.4) is 0 Å². The molecule has 1 atom stereocenters. The number of anilines is 1. The van der Waals surface area contributed by atoms with Crippen LogP contribution in [0.2, 0.25) is 0 Å². The van der Waals surface area contributed by atoms with E-state index in [2.05, 4.69) is 5.32 Å². The summed E-state index contributed by atoms with van der Waals surface area (Å²) in [7, 11) is 1.33. The number of rotatable bonds is 5. The number of benzene rings is 1. The SMILES string of the molecule is COC(=O)c1cc(C)ccc1NC(=O)C(C)CSC. The zero-order valence-corrected chi connectivity index (χ0v) is 12.5. The molecule has 0 aliphatic heterocycles. The zero-order chi connectivity index (χ0) is 14.4. The Hall–Kier alpha value is -1.49. The van der Waals surface area contributed by atoms with E-state index in [4.69, 9.17) is 4.74 Å². The van der Waals surface area contributed by atoms with Gasteiger partial charge in [-0.3, -0.25) is 4.79 Å². The van der Waals surface area contributed by atoms with Crippen LogP contribution in [0.25, 0.3) is 0 Å². The molecule has 0 radical (unpaired) electrons. The normalized spacial score (nSPS) is 11.8. The van der Waals surface area contributed by atoms with Crippen molar-refractivity contribution >= 4 is 29.3 Å². The number of carbonyl (C=O) groups is 2. The fourth-order valence-electron chi connectivity index (χ4n) is 1.63. The molecular formula is C14H19NO3S. The molecule has 0 spiro atoms. The lowest BCUT2D eigenvalue weighted by Crippen LogP contribution is -2.23. The molecule has 104 valence electrons. The maximum Gasteiger partial charge on any atom is 0.339 e. The van der Waals surface area contributed by atoms with Gasteiger partial charge in [0.15, 0.2) is 0 Å². The van der Waals surface area contributed by atoms with E-state index in [1.165, 1.54) is 7.11 Å². The maximum atomic E-state index is 12.0. The van der Waals surface area contributed by atoms with E-state index in [1.807, 2.05) is 26.2 Å². The van der Waals surface area contributed by atoms with Crippen molar-refractivity contribution in [2.45, 2.75) is 13.8 Å². The lowest BCUT2D eigenvalue weighted by molar-refractivity contribution is -0.118. The third-order valence-electron chi connectivity index (χ3n) is 2.70. The number of thioether (sulfide) groups is 1. The van der Waals surface area contributed by atoms with Crippen LogP contribution >= 0.6 is 11.8 Å². The molecule has 4 nitrogen and oxygen atoms in total. The van der Waals surface area contributed by atoms with Crippen LogP contribution in [-0.2, 0) is 9.53 Å². The number of ether oxygens (including phenoxy) is 1. The van der Waals surface area contributed by atoms with Crippen molar-refractivity contribution in [1.29, 1.82) is 0 Å². The molecule has 1 N–H and O–H groups in total. The van der Waals surface area contributed by atoms with Crippen LogP contribution in [0.15, 0.2) is 18.2 Å². The monoisotopic (exact) mass is 281 g/mol. The van der Waals surface area contributed by atoms with Gasteiger partial charge in [0, 0.05) is 11.7 Å². The van der Waals surface area contributed by atoms with Gasteiger partial charge in [0.2, 0.25) is 5.91 Å². The Labute approximate surface area is 117 Å². The molecule has 0 bridgehead atoms. The summed E-state index contributed by atoms with van der Waals surface area (Å²) in [6, 6.07) is 5.28. The third kappa shape index (κ3) is 4.28. The molecule has 1 aromatic rings. The molecule has 1 unspecified atom stereocenters. The van der Waals surface area contributed by atoms with E-state index < -0.39 is 5.97 Å². The van der Waals surface area contributed by atoms with E-state index in [9.17, 15) is 9.59 Å². The molecule has 0 heterocycles.